The van der Waals surface area contributed by atoms with Crippen molar-refractivity contribution in [3.8, 4) is 11.8 Å². The van der Waals surface area contributed by atoms with Gasteiger partial charge in [0.1, 0.15) is 0 Å². The fourth-order valence-corrected chi connectivity index (χ4v) is 5.08. The summed E-state index contributed by atoms with van der Waals surface area (Å²) in [6, 6.07) is 0. The zero-order valence-corrected chi connectivity index (χ0v) is 16.6. The van der Waals surface area contributed by atoms with Crippen molar-refractivity contribution in [2.45, 2.75) is 90.5 Å². The number of hydrogen-bond acceptors (Lipinski definition) is 2. The maximum atomic E-state index is 11.1. The summed E-state index contributed by atoms with van der Waals surface area (Å²) in [6.07, 6.45) is 11.3. The maximum Gasteiger partial charge on any atom is 0.198 e. The summed E-state index contributed by atoms with van der Waals surface area (Å²) in [5.41, 5.74) is 1.70. The molecule has 0 fully saturated rings. The summed E-state index contributed by atoms with van der Waals surface area (Å²) in [6.45, 7) is 11.8. The van der Waals surface area contributed by atoms with Crippen molar-refractivity contribution in [1.82, 2.24) is 4.57 Å². The normalized spacial score (nSPS) is 28.6. The highest BCUT2D eigenvalue weighted by Gasteiger charge is 2.53. The molecule has 1 aromatic heterocycles. The molecule has 3 aliphatic carbocycles. The summed E-state index contributed by atoms with van der Waals surface area (Å²) in [7, 11) is 0. The molecule has 140 valence electrons. The van der Waals surface area contributed by atoms with E-state index in [9.17, 15) is 10.2 Å². The third-order valence-corrected chi connectivity index (χ3v) is 7.07. The van der Waals surface area contributed by atoms with E-state index in [1.54, 1.807) is 0 Å². The largest absolute Gasteiger partial charge is 0.494 e. The van der Waals surface area contributed by atoms with Crippen molar-refractivity contribution < 1.29 is 10.2 Å². The lowest BCUT2D eigenvalue weighted by molar-refractivity contribution is 0.257. The van der Waals surface area contributed by atoms with E-state index >= 15 is 0 Å². The van der Waals surface area contributed by atoms with Gasteiger partial charge in [0.2, 0.25) is 0 Å². The van der Waals surface area contributed by atoms with E-state index in [4.69, 9.17) is 0 Å². The van der Waals surface area contributed by atoms with Crippen LogP contribution >= 0.6 is 0 Å². The Hall–Kier alpha value is -1.38. The van der Waals surface area contributed by atoms with E-state index in [0.717, 1.165) is 36.8 Å². The van der Waals surface area contributed by atoms with E-state index in [1.165, 1.54) is 12.8 Å². The topological polar surface area (TPSA) is 45.4 Å². The van der Waals surface area contributed by atoms with Gasteiger partial charge in [-0.2, -0.15) is 0 Å². The first-order valence-corrected chi connectivity index (χ1v) is 10.2. The first-order valence-electron chi connectivity index (χ1n) is 10.2. The smallest absolute Gasteiger partial charge is 0.198 e. The van der Waals surface area contributed by atoms with Gasteiger partial charge in [0.05, 0.1) is 0 Å². The number of aromatic nitrogens is 1. The van der Waals surface area contributed by atoms with E-state index in [-0.39, 0.29) is 10.8 Å². The molecule has 2 bridgehead atoms. The Morgan fingerprint density at radius 2 is 1.76 bits per heavy atom. The zero-order valence-electron chi connectivity index (χ0n) is 16.6. The summed E-state index contributed by atoms with van der Waals surface area (Å²) in [4.78, 5) is 0. The fourth-order valence-electron chi connectivity index (χ4n) is 5.08. The van der Waals surface area contributed by atoms with Crippen LogP contribution in [0.5, 0.6) is 11.8 Å². The van der Waals surface area contributed by atoms with Gasteiger partial charge in [-0.05, 0) is 31.1 Å². The average molecular weight is 346 g/mol. The molecule has 0 saturated carbocycles. The van der Waals surface area contributed by atoms with Crippen LogP contribution in [0.1, 0.15) is 84.3 Å². The molecule has 4 rings (SSSR count). The predicted octanol–water partition coefficient (Wildman–Crippen LogP) is 5.63. The van der Waals surface area contributed by atoms with Gasteiger partial charge in [-0.15, -0.1) is 0 Å². The van der Waals surface area contributed by atoms with Crippen molar-refractivity contribution in [1.29, 1.82) is 0 Å². The molecule has 0 radical (unpaired) electrons. The highest BCUT2D eigenvalue weighted by Crippen LogP contribution is 2.61. The molecule has 0 spiro atoms. The average Bonchev–Trinajstić information content (AvgIpc) is 2.86. The molecule has 3 atom stereocenters. The van der Waals surface area contributed by atoms with Gasteiger partial charge >= 0.3 is 0 Å². The SMILES string of the molecule is CCCCC(CC)Cn1c(O)c2c(c1O)C1(C(C)C)C=CC2(C)CC1. The lowest BCUT2D eigenvalue weighted by atomic mass is 9.53. The molecular formula is C22H35NO2. The quantitative estimate of drug-likeness (QED) is 0.629. The number of nitrogens with zero attached hydrogens (tertiary/aromatic N) is 1. The van der Waals surface area contributed by atoms with Crippen LogP contribution < -0.4 is 0 Å². The first-order chi connectivity index (χ1) is 11.8. The van der Waals surface area contributed by atoms with E-state index < -0.39 is 0 Å². The first kappa shape index (κ1) is 18.4. The Kier molecular flexibility index (Phi) is 4.72. The third-order valence-electron chi connectivity index (χ3n) is 7.07. The van der Waals surface area contributed by atoms with E-state index in [2.05, 4.69) is 46.8 Å². The third kappa shape index (κ3) is 2.62. The number of fused-ring (bicyclic) bond motifs is 1. The van der Waals surface area contributed by atoms with Crippen molar-refractivity contribution in [3.63, 3.8) is 0 Å². The van der Waals surface area contributed by atoms with Crippen LogP contribution in [0.4, 0.5) is 0 Å². The fraction of sp³-hybridized carbons (Fsp3) is 0.727. The van der Waals surface area contributed by atoms with Crippen LogP contribution in [-0.2, 0) is 17.4 Å². The number of aromatic hydroxyl groups is 2. The van der Waals surface area contributed by atoms with Crippen molar-refractivity contribution in [2.75, 3.05) is 0 Å². The van der Waals surface area contributed by atoms with Gasteiger partial charge in [0.25, 0.3) is 0 Å². The zero-order chi connectivity index (χ0) is 18.4. The lowest BCUT2D eigenvalue weighted by Gasteiger charge is -2.49. The molecule has 2 N–H and O–H groups in total. The van der Waals surface area contributed by atoms with Gasteiger partial charge in [-0.3, -0.25) is 4.57 Å². The summed E-state index contributed by atoms with van der Waals surface area (Å²) < 4.78 is 1.81. The number of hydrogen-bond donors (Lipinski definition) is 2. The Bertz CT molecular complexity index is 672. The maximum absolute atomic E-state index is 11.1. The van der Waals surface area contributed by atoms with E-state index in [0.29, 0.717) is 30.1 Å². The second kappa shape index (κ2) is 6.41. The molecule has 0 amide bonds. The molecule has 1 aromatic rings. The molecule has 3 nitrogen and oxygen atoms in total. The minimum atomic E-state index is -0.149. The Morgan fingerprint density at radius 3 is 2.28 bits per heavy atom. The van der Waals surface area contributed by atoms with Crippen molar-refractivity contribution in [2.24, 2.45) is 11.8 Å². The van der Waals surface area contributed by atoms with Gasteiger partial charge in [-0.25, -0.2) is 0 Å². The molecule has 25 heavy (non-hydrogen) atoms. The lowest BCUT2D eigenvalue weighted by Crippen LogP contribution is -2.44. The molecule has 0 saturated heterocycles. The Balaban J connectivity index is 2.07. The van der Waals surface area contributed by atoms with Gasteiger partial charge in [0.15, 0.2) is 11.8 Å². The Morgan fingerprint density at radius 1 is 1.08 bits per heavy atom. The van der Waals surface area contributed by atoms with Crippen molar-refractivity contribution in [3.05, 3.63) is 23.3 Å². The molecule has 3 unspecified atom stereocenters. The van der Waals surface area contributed by atoms with E-state index in [1.807, 2.05) is 4.57 Å². The molecule has 1 heterocycles. The summed E-state index contributed by atoms with van der Waals surface area (Å²) >= 11 is 0. The van der Waals surface area contributed by atoms with Gasteiger partial charge in [-0.1, -0.05) is 66.0 Å². The van der Waals surface area contributed by atoms with Gasteiger partial charge < -0.3 is 10.2 Å². The minimum absolute atomic E-state index is 0.134. The summed E-state index contributed by atoms with van der Waals surface area (Å²) in [5, 5.41) is 22.2. The van der Waals surface area contributed by atoms with Crippen LogP contribution in [0.3, 0.4) is 0 Å². The number of allylic oxidation sites excluding steroid dienone is 2. The Labute approximate surface area is 152 Å². The highest BCUT2D eigenvalue weighted by molar-refractivity contribution is 5.62. The predicted molar refractivity (Wildman–Crippen MR) is 103 cm³/mol. The van der Waals surface area contributed by atoms with Crippen LogP contribution in [0, 0.1) is 11.8 Å². The molecule has 3 heteroatoms. The minimum Gasteiger partial charge on any atom is -0.494 e. The van der Waals surface area contributed by atoms with Crippen molar-refractivity contribution >= 4 is 0 Å². The van der Waals surface area contributed by atoms with Crippen LogP contribution in [0.2, 0.25) is 0 Å². The molecule has 0 aromatic carbocycles. The number of unbranched alkanes of at least 4 members (excludes halogenated alkanes) is 1. The monoisotopic (exact) mass is 345 g/mol. The van der Waals surface area contributed by atoms with Crippen LogP contribution in [-0.4, -0.2) is 14.8 Å². The second-order valence-corrected chi connectivity index (χ2v) is 8.87. The molecular weight excluding hydrogens is 310 g/mol. The molecule has 3 aliphatic rings. The van der Waals surface area contributed by atoms with Crippen LogP contribution in [0.25, 0.3) is 0 Å². The van der Waals surface area contributed by atoms with Gasteiger partial charge in [0, 0.05) is 28.5 Å². The second-order valence-electron chi connectivity index (χ2n) is 8.87. The summed E-state index contributed by atoms with van der Waals surface area (Å²) in [5.74, 6) is 1.51. The standard InChI is InChI=1S/C22H35NO2/c1-6-8-9-16(7-2)14-23-19(24)17-18(20(23)25)22(15(3)4)12-10-21(17,5)11-13-22/h10,12,15-16,24-25H,6-9,11,13-14H2,1-5H3. The van der Waals surface area contributed by atoms with Crippen LogP contribution in [0.15, 0.2) is 12.2 Å². The highest BCUT2D eigenvalue weighted by atomic mass is 16.3. The number of rotatable bonds is 7. The molecule has 0 aliphatic heterocycles.